The zero-order valence-electron chi connectivity index (χ0n) is 11.7. The zero-order valence-corrected chi connectivity index (χ0v) is 12.5. The van der Waals surface area contributed by atoms with Gasteiger partial charge < -0.3 is 4.98 Å². The molecule has 5 heteroatoms. The molecule has 0 radical (unpaired) electrons. The Morgan fingerprint density at radius 1 is 1.18 bits per heavy atom. The van der Waals surface area contributed by atoms with Crippen LogP contribution in [0.3, 0.4) is 0 Å². The van der Waals surface area contributed by atoms with Crippen molar-refractivity contribution >= 4 is 34.6 Å². The van der Waals surface area contributed by atoms with Crippen molar-refractivity contribution in [3.05, 3.63) is 70.9 Å². The first-order valence-electron chi connectivity index (χ1n) is 6.85. The fraction of sp³-hybridized carbons (Fsp3) is 0.0588. The number of hydrazone groups is 1. The van der Waals surface area contributed by atoms with Gasteiger partial charge in [-0.05, 0) is 23.8 Å². The van der Waals surface area contributed by atoms with E-state index in [4.69, 9.17) is 11.6 Å². The van der Waals surface area contributed by atoms with E-state index in [9.17, 15) is 4.79 Å². The molecule has 0 saturated heterocycles. The van der Waals surface area contributed by atoms with Crippen LogP contribution in [0.1, 0.15) is 11.1 Å². The molecule has 0 saturated carbocycles. The van der Waals surface area contributed by atoms with Crippen molar-refractivity contribution in [3.63, 3.8) is 0 Å². The number of benzene rings is 2. The summed E-state index contributed by atoms with van der Waals surface area (Å²) in [6.45, 7) is 0. The van der Waals surface area contributed by atoms with Crippen LogP contribution >= 0.6 is 11.6 Å². The van der Waals surface area contributed by atoms with Crippen molar-refractivity contribution in [2.45, 2.75) is 6.42 Å². The molecule has 4 nitrogen and oxygen atoms in total. The molecule has 2 N–H and O–H groups in total. The lowest BCUT2D eigenvalue weighted by atomic mass is 10.1. The minimum Gasteiger partial charge on any atom is -0.361 e. The number of carbonyl (C=O) groups excluding carboxylic acids is 1. The predicted octanol–water partition coefficient (Wildman–Crippen LogP) is 3.51. The molecule has 0 spiro atoms. The van der Waals surface area contributed by atoms with E-state index in [1.54, 1.807) is 18.3 Å². The van der Waals surface area contributed by atoms with Crippen LogP contribution in [0.15, 0.2) is 59.8 Å². The number of amides is 1. The average molecular weight is 312 g/mol. The second kappa shape index (κ2) is 6.45. The van der Waals surface area contributed by atoms with Gasteiger partial charge in [-0.1, -0.05) is 41.9 Å². The van der Waals surface area contributed by atoms with E-state index in [-0.39, 0.29) is 12.3 Å². The number of fused-ring (bicyclic) bond motifs is 1. The molecule has 0 aliphatic heterocycles. The van der Waals surface area contributed by atoms with E-state index < -0.39 is 0 Å². The summed E-state index contributed by atoms with van der Waals surface area (Å²) in [6, 6.07) is 15.1. The van der Waals surface area contributed by atoms with Crippen LogP contribution in [-0.2, 0) is 11.2 Å². The van der Waals surface area contributed by atoms with E-state index in [2.05, 4.69) is 15.5 Å². The fourth-order valence-electron chi connectivity index (χ4n) is 2.20. The monoisotopic (exact) mass is 311 g/mol. The van der Waals surface area contributed by atoms with Gasteiger partial charge in [0.1, 0.15) is 0 Å². The number of aromatic nitrogens is 1. The van der Waals surface area contributed by atoms with Crippen molar-refractivity contribution in [3.8, 4) is 0 Å². The molecular weight excluding hydrogens is 298 g/mol. The quantitative estimate of drug-likeness (QED) is 0.562. The van der Waals surface area contributed by atoms with E-state index in [1.807, 2.05) is 42.6 Å². The summed E-state index contributed by atoms with van der Waals surface area (Å²) >= 11 is 5.81. The van der Waals surface area contributed by atoms with Crippen LogP contribution in [0.2, 0.25) is 5.02 Å². The van der Waals surface area contributed by atoms with Crippen molar-refractivity contribution in [2.75, 3.05) is 0 Å². The Kier molecular flexibility index (Phi) is 4.21. The number of hydrogen-bond acceptors (Lipinski definition) is 2. The van der Waals surface area contributed by atoms with E-state index in [0.717, 1.165) is 22.0 Å². The lowest BCUT2D eigenvalue weighted by Gasteiger charge is -2.00. The fourth-order valence-corrected chi connectivity index (χ4v) is 2.33. The second-order valence-electron chi connectivity index (χ2n) is 4.89. The van der Waals surface area contributed by atoms with E-state index >= 15 is 0 Å². The maximum Gasteiger partial charge on any atom is 0.244 e. The first kappa shape index (κ1) is 14.4. The minimum absolute atomic E-state index is 0.168. The number of halogens is 1. The summed E-state index contributed by atoms with van der Waals surface area (Å²) in [5, 5.41) is 5.73. The van der Waals surface area contributed by atoms with Gasteiger partial charge in [-0.25, -0.2) is 5.43 Å². The van der Waals surface area contributed by atoms with Crippen molar-refractivity contribution in [1.82, 2.24) is 10.4 Å². The molecule has 2 aromatic carbocycles. The van der Waals surface area contributed by atoms with Crippen LogP contribution < -0.4 is 5.43 Å². The van der Waals surface area contributed by atoms with Crippen LogP contribution in [0.5, 0.6) is 0 Å². The molecule has 1 amide bonds. The summed E-state index contributed by atoms with van der Waals surface area (Å²) in [6.07, 6.45) is 3.76. The van der Waals surface area contributed by atoms with Crippen molar-refractivity contribution < 1.29 is 4.79 Å². The Morgan fingerprint density at radius 2 is 1.95 bits per heavy atom. The highest BCUT2D eigenvalue weighted by atomic mass is 35.5. The molecular formula is C17H14ClN3O. The normalized spacial score (nSPS) is 11.1. The summed E-state index contributed by atoms with van der Waals surface area (Å²) in [7, 11) is 0. The molecule has 1 heterocycles. The average Bonchev–Trinajstić information content (AvgIpc) is 2.93. The van der Waals surface area contributed by atoms with Gasteiger partial charge >= 0.3 is 0 Å². The number of nitrogens with one attached hydrogen (secondary N) is 2. The molecule has 0 aliphatic rings. The molecule has 0 fully saturated rings. The Hall–Kier alpha value is -2.59. The van der Waals surface area contributed by atoms with Crippen molar-refractivity contribution in [1.29, 1.82) is 0 Å². The van der Waals surface area contributed by atoms with E-state index in [1.165, 1.54) is 0 Å². The molecule has 0 aliphatic carbocycles. The highest BCUT2D eigenvalue weighted by Crippen LogP contribution is 2.15. The Bertz CT molecular complexity index is 821. The molecule has 3 aromatic rings. The second-order valence-corrected chi connectivity index (χ2v) is 5.32. The first-order valence-corrected chi connectivity index (χ1v) is 7.22. The number of rotatable bonds is 4. The third-order valence-electron chi connectivity index (χ3n) is 3.29. The molecule has 110 valence electrons. The van der Waals surface area contributed by atoms with Crippen molar-refractivity contribution in [2.24, 2.45) is 5.10 Å². The van der Waals surface area contributed by atoms with Crippen LogP contribution in [0.4, 0.5) is 0 Å². The molecule has 1 aromatic heterocycles. The van der Waals surface area contributed by atoms with Gasteiger partial charge in [-0.2, -0.15) is 5.10 Å². The number of H-pyrrole nitrogens is 1. The highest BCUT2D eigenvalue weighted by Gasteiger charge is 2.03. The standard InChI is InChI=1S/C17H14ClN3O/c18-14-7-5-12(6-8-14)9-17(22)21-20-11-13-10-19-16-4-2-1-3-15(13)16/h1-8,10-11,19H,9H2,(H,21,22)/b20-11-. The largest absolute Gasteiger partial charge is 0.361 e. The first-order chi connectivity index (χ1) is 10.7. The minimum atomic E-state index is -0.168. The number of aromatic amines is 1. The summed E-state index contributed by atoms with van der Waals surface area (Å²) in [5.74, 6) is -0.168. The lowest BCUT2D eigenvalue weighted by molar-refractivity contribution is -0.120. The van der Waals surface area contributed by atoms with Gasteiger partial charge in [0.15, 0.2) is 0 Å². The van der Waals surface area contributed by atoms with Gasteiger partial charge in [0.2, 0.25) is 5.91 Å². The zero-order chi connectivity index (χ0) is 15.4. The van der Waals surface area contributed by atoms with Crippen LogP contribution in [-0.4, -0.2) is 17.1 Å². The molecule has 3 rings (SSSR count). The maximum absolute atomic E-state index is 11.8. The number of para-hydroxylation sites is 1. The molecule has 0 unspecified atom stereocenters. The molecule has 0 atom stereocenters. The van der Waals surface area contributed by atoms with Gasteiger partial charge in [-0.3, -0.25) is 4.79 Å². The number of carbonyl (C=O) groups is 1. The van der Waals surface area contributed by atoms with Crippen LogP contribution in [0.25, 0.3) is 10.9 Å². The predicted molar refractivity (Wildman–Crippen MR) is 89.2 cm³/mol. The third-order valence-corrected chi connectivity index (χ3v) is 3.54. The lowest BCUT2D eigenvalue weighted by Crippen LogP contribution is -2.19. The SMILES string of the molecule is O=C(Cc1ccc(Cl)cc1)N/N=C\c1c[nH]c2ccccc12. The van der Waals surface area contributed by atoms with Gasteiger partial charge in [0.05, 0.1) is 12.6 Å². The maximum atomic E-state index is 11.8. The highest BCUT2D eigenvalue weighted by molar-refractivity contribution is 6.30. The number of nitrogens with zero attached hydrogens (tertiary/aromatic N) is 1. The van der Waals surface area contributed by atoms with Crippen LogP contribution in [0, 0.1) is 0 Å². The van der Waals surface area contributed by atoms with Gasteiger partial charge in [0, 0.05) is 27.7 Å². The third kappa shape index (κ3) is 3.35. The smallest absolute Gasteiger partial charge is 0.244 e. The van der Waals surface area contributed by atoms with Gasteiger partial charge in [0.25, 0.3) is 0 Å². The summed E-state index contributed by atoms with van der Waals surface area (Å²) in [5.41, 5.74) is 5.40. The Morgan fingerprint density at radius 3 is 2.77 bits per heavy atom. The van der Waals surface area contributed by atoms with E-state index in [0.29, 0.717) is 5.02 Å². The summed E-state index contributed by atoms with van der Waals surface area (Å²) < 4.78 is 0. The Labute approximate surface area is 132 Å². The number of hydrogen-bond donors (Lipinski definition) is 2. The summed E-state index contributed by atoms with van der Waals surface area (Å²) in [4.78, 5) is 15.0. The van der Waals surface area contributed by atoms with Gasteiger partial charge in [-0.15, -0.1) is 0 Å². The topological polar surface area (TPSA) is 57.2 Å². The Balaban J connectivity index is 1.62. The molecule has 22 heavy (non-hydrogen) atoms. The molecule has 0 bridgehead atoms.